The zero-order valence-corrected chi connectivity index (χ0v) is 13.8. The number of nitrogens with two attached hydrogens (primary N) is 1. The van der Waals surface area contributed by atoms with Crippen molar-refractivity contribution < 1.29 is 13.9 Å². The number of ether oxygens (including phenoxy) is 2. The lowest BCUT2D eigenvalue weighted by Gasteiger charge is -2.19. The normalized spacial score (nSPS) is 12.1. The SMILES string of the molecule is COc1ccc(C(N)c2ccc(F)c(Br)c2)c(OC)c1Cl. The first-order chi connectivity index (χ1) is 9.99. The van der Waals surface area contributed by atoms with Crippen molar-refractivity contribution in [1.82, 2.24) is 0 Å². The molecular formula is C15H14BrClFNO2. The van der Waals surface area contributed by atoms with Crippen molar-refractivity contribution in [2.45, 2.75) is 6.04 Å². The zero-order chi connectivity index (χ0) is 15.6. The number of hydrogen-bond donors (Lipinski definition) is 1. The second-order valence-electron chi connectivity index (χ2n) is 4.36. The topological polar surface area (TPSA) is 44.5 Å². The summed E-state index contributed by atoms with van der Waals surface area (Å²) in [7, 11) is 3.04. The van der Waals surface area contributed by atoms with Gasteiger partial charge < -0.3 is 15.2 Å². The van der Waals surface area contributed by atoms with Crippen molar-refractivity contribution in [2.24, 2.45) is 5.73 Å². The molecule has 1 atom stereocenters. The molecule has 3 nitrogen and oxygen atoms in total. The van der Waals surface area contributed by atoms with Gasteiger partial charge >= 0.3 is 0 Å². The van der Waals surface area contributed by atoms with Crippen molar-refractivity contribution in [2.75, 3.05) is 14.2 Å². The van der Waals surface area contributed by atoms with Gasteiger partial charge in [-0.2, -0.15) is 0 Å². The maximum atomic E-state index is 13.3. The van der Waals surface area contributed by atoms with Gasteiger partial charge in [0, 0.05) is 5.56 Å². The Morgan fingerprint density at radius 1 is 1.19 bits per heavy atom. The molecule has 2 rings (SSSR count). The number of benzene rings is 2. The van der Waals surface area contributed by atoms with Gasteiger partial charge in [-0.1, -0.05) is 17.7 Å². The zero-order valence-electron chi connectivity index (χ0n) is 11.5. The van der Waals surface area contributed by atoms with Gasteiger partial charge in [0.25, 0.3) is 0 Å². The predicted molar refractivity (Wildman–Crippen MR) is 84.7 cm³/mol. The van der Waals surface area contributed by atoms with Gasteiger partial charge in [-0.05, 0) is 45.8 Å². The Kier molecular flexibility index (Phi) is 5.08. The Bertz CT molecular complexity index is 666. The molecule has 0 aliphatic carbocycles. The fourth-order valence-corrected chi connectivity index (χ4v) is 2.77. The van der Waals surface area contributed by atoms with E-state index in [4.69, 9.17) is 26.8 Å². The Morgan fingerprint density at radius 3 is 2.48 bits per heavy atom. The average molecular weight is 375 g/mol. The summed E-state index contributed by atoms with van der Waals surface area (Å²) in [5.74, 6) is 0.611. The molecule has 0 aromatic heterocycles. The number of rotatable bonds is 4. The number of methoxy groups -OCH3 is 2. The first kappa shape index (κ1) is 16.1. The standard InChI is InChI=1S/C15H14BrClFNO2/c1-20-12-6-4-9(15(21-2)13(12)17)14(19)8-3-5-11(18)10(16)7-8/h3-7,14H,19H2,1-2H3. The first-order valence-electron chi connectivity index (χ1n) is 6.10. The van der Waals surface area contributed by atoms with Gasteiger partial charge in [0.1, 0.15) is 22.3 Å². The molecule has 0 heterocycles. The number of halogens is 3. The van der Waals surface area contributed by atoms with Crippen LogP contribution in [0.15, 0.2) is 34.8 Å². The lowest BCUT2D eigenvalue weighted by molar-refractivity contribution is 0.390. The monoisotopic (exact) mass is 373 g/mol. The minimum absolute atomic E-state index is 0.342. The van der Waals surface area contributed by atoms with E-state index < -0.39 is 6.04 Å². The summed E-state index contributed by atoms with van der Waals surface area (Å²) < 4.78 is 24.2. The van der Waals surface area contributed by atoms with Crippen LogP contribution < -0.4 is 15.2 Å². The molecule has 0 amide bonds. The molecule has 21 heavy (non-hydrogen) atoms. The highest BCUT2D eigenvalue weighted by molar-refractivity contribution is 9.10. The van der Waals surface area contributed by atoms with E-state index in [1.54, 1.807) is 24.3 Å². The smallest absolute Gasteiger partial charge is 0.146 e. The second-order valence-corrected chi connectivity index (χ2v) is 5.59. The van der Waals surface area contributed by atoms with Gasteiger partial charge in [0.2, 0.25) is 0 Å². The van der Waals surface area contributed by atoms with Crippen molar-refractivity contribution in [1.29, 1.82) is 0 Å². The molecule has 1 unspecified atom stereocenters. The maximum Gasteiger partial charge on any atom is 0.146 e. The minimum atomic E-state index is -0.500. The molecule has 112 valence electrons. The summed E-state index contributed by atoms with van der Waals surface area (Å²) in [6, 6.07) is 7.63. The average Bonchev–Trinajstić information content (AvgIpc) is 2.49. The van der Waals surface area contributed by atoms with Crippen molar-refractivity contribution in [3.05, 3.63) is 56.8 Å². The number of hydrogen-bond acceptors (Lipinski definition) is 3. The fourth-order valence-electron chi connectivity index (χ4n) is 2.05. The van der Waals surface area contributed by atoms with Crippen LogP contribution in [0.1, 0.15) is 17.2 Å². The highest BCUT2D eigenvalue weighted by Gasteiger charge is 2.20. The van der Waals surface area contributed by atoms with Crippen LogP contribution in [0.5, 0.6) is 11.5 Å². The predicted octanol–water partition coefficient (Wildman–Crippen LogP) is 4.31. The summed E-state index contributed by atoms with van der Waals surface area (Å²) in [5, 5.41) is 0.356. The molecule has 2 aromatic carbocycles. The largest absolute Gasteiger partial charge is 0.495 e. The third-order valence-corrected chi connectivity index (χ3v) is 4.12. The van der Waals surface area contributed by atoms with Crippen molar-refractivity contribution in [3.63, 3.8) is 0 Å². The Labute approximate surface area is 135 Å². The summed E-state index contributed by atoms with van der Waals surface area (Å²) in [5.41, 5.74) is 7.68. The molecule has 2 N–H and O–H groups in total. The molecule has 0 spiro atoms. The van der Waals surface area contributed by atoms with Gasteiger partial charge in [0.15, 0.2) is 0 Å². The molecule has 0 aliphatic rings. The third-order valence-electron chi connectivity index (χ3n) is 3.15. The molecule has 0 bridgehead atoms. The van der Waals surface area contributed by atoms with Crippen LogP contribution in [0.3, 0.4) is 0 Å². The van der Waals surface area contributed by atoms with Crippen LogP contribution in [0.2, 0.25) is 5.02 Å². The van der Waals surface area contributed by atoms with E-state index in [1.165, 1.54) is 20.3 Å². The van der Waals surface area contributed by atoms with E-state index >= 15 is 0 Å². The van der Waals surface area contributed by atoms with Gasteiger partial charge in [-0.15, -0.1) is 0 Å². The lowest BCUT2D eigenvalue weighted by Crippen LogP contribution is -2.13. The Balaban J connectivity index is 2.50. The first-order valence-corrected chi connectivity index (χ1v) is 7.27. The highest BCUT2D eigenvalue weighted by atomic mass is 79.9. The minimum Gasteiger partial charge on any atom is -0.495 e. The Morgan fingerprint density at radius 2 is 1.90 bits per heavy atom. The van der Waals surface area contributed by atoms with Crippen LogP contribution in [-0.4, -0.2) is 14.2 Å². The van der Waals surface area contributed by atoms with Crippen LogP contribution in [-0.2, 0) is 0 Å². The van der Waals surface area contributed by atoms with E-state index in [0.717, 1.165) is 5.56 Å². The molecule has 0 fully saturated rings. The van der Waals surface area contributed by atoms with E-state index in [1.807, 2.05) is 0 Å². The molecular weight excluding hydrogens is 361 g/mol. The van der Waals surface area contributed by atoms with Gasteiger partial charge in [0.05, 0.1) is 24.7 Å². The third kappa shape index (κ3) is 3.15. The fraction of sp³-hybridized carbons (Fsp3) is 0.200. The van der Waals surface area contributed by atoms with Crippen LogP contribution >= 0.6 is 27.5 Å². The quantitative estimate of drug-likeness (QED) is 0.867. The van der Waals surface area contributed by atoms with Crippen molar-refractivity contribution >= 4 is 27.5 Å². The molecule has 0 saturated heterocycles. The Hall–Kier alpha value is -1.30. The molecule has 0 aliphatic heterocycles. The van der Waals surface area contributed by atoms with Crippen LogP contribution in [0.4, 0.5) is 4.39 Å². The lowest BCUT2D eigenvalue weighted by atomic mass is 9.98. The van der Waals surface area contributed by atoms with E-state index in [9.17, 15) is 4.39 Å². The molecule has 0 saturated carbocycles. The molecule has 6 heteroatoms. The second kappa shape index (κ2) is 6.64. The van der Waals surface area contributed by atoms with Gasteiger partial charge in [-0.25, -0.2) is 4.39 Å². The van der Waals surface area contributed by atoms with E-state index in [2.05, 4.69) is 15.9 Å². The van der Waals surface area contributed by atoms with E-state index in [0.29, 0.717) is 26.6 Å². The van der Waals surface area contributed by atoms with Crippen LogP contribution in [0, 0.1) is 5.82 Å². The maximum absolute atomic E-state index is 13.3. The summed E-state index contributed by atoms with van der Waals surface area (Å²) in [4.78, 5) is 0. The summed E-state index contributed by atoms with van der Waals surface area (Å²) in [6.07, 6.45) is 0. The summed E-state index contributed by atoms with van der Waals surface area (Å²) >= 11 is 9.38. The molecule has 0 radical (unpaired) electrons. The van der Waals surface area contributed by atoms with Crippen LogP contribution in [0.25, 0.3) is 0 Å². The summed E-state index contributed by atoms with van der Waals surface area (Å²) in [6.45, 7) is 0. The van der Waals surface area contributed by atoms with Gasteiger partial charge in [-0.3, -0.25) is 0 Å². The van der Waals surface area contributed by atoms with E-state index in [-0.39, 0.29) is 5.82 Å². The molecule has 2 aromatic rings. The van der Waals surface area contributed by atoms with Crippen molar-refractivity contribution in [3.8, 4) is 11.5 Å². The highest BCUT2D eigenvalue weighted by Crippen LogP contribution is 2.40.